The summed E-state index contributed by atoms with van der Waals surface area (Å²) in [5, 5.41) is 9.69. The van der Waals surface area contributed by atoms with E-state index >= 15 is 0 Å². The number of hydrogen-bond acceptors (Lipinski definition) is 3. The van der Waals surface area contributed by atoms with Crippen molar-refractivity contribution in [2.24, 2.45) is 0 Å². The van der Waals surface area contributed by atoms with Crippen molar-refractivity contribution in [2.75, 3.05) is 21.7 Å². The normalized spacial score (nSPS) is 10.2. The number of thioether (sulfide) groups is 1. The first-order chi connectivity index (χ1) is 13.6. The van der Waals surface area contributed by atoms with Crippen molar-refractivity contribution in [1.29, 1.82) is 0 Å². The third-order valence-electron chi connectivity index (χ3n) is 3.64. The molecule has 28 heavy (non-hydrogen) atoms. The number of thiocarbonyl (C=S) groups is 1. The van der Waals surface area contributed by atoms with Crippen molar-refractivity contribution < 1.29 is 4.79 Å². The molecule has 3 N–H and O–H groups in total. The van der Waals surface area contributed by atoms with E-state index in [1.165, 1.54) is 11.8 Å². The monoisotopic (exact) mass is 471 g/mol. The van der Waals surface area contributed by atoms with Crippen molar-refractivity contribution in [3.63, 3.8) is 0 Å². The maximum Gasteiger partial charge on any atom is 0.234 e. The Hall–Kier alpha value is -2.35. The van der Waals surface area contributed by atoms with Crippen LogP contribution in [0.15, 0.2) is 88.2 Å². The second kappa shape index (κ2) is 10.3. The molecule has 1 amide bonds. The minimum atomic E-state index is -0.0391. The molecule has 0 saturated carbocycles. The van der Waals surface area contributed by atoms with Gasteiger partial charge in [-0.05, 0) is 72.9 Å². The van der Waals surface area contributed by atoms with Crippen LogP contribution in [0.1, 0.15) is 0 Å². The molecule has 0 bridgehead atoms. The molecule has 0 unspecified atom stereocenters. The van der Waals surface area contributed by atoms with Gasteiger partial charge in [0.15, 0.2) is 5.11 Å². The molecule has 0 aliphatic carbocycles. The highest BCUT2D eigenvalue weighted by molar-refractivity contribution is 9.10. The lowest BCUT2D eigenvalue weighted by atomic mass is 10.3. The summed E-state index contributed by atoms with van der Waals surface area (Å²) in [7, 11) is 0. The second-order valence-corrected chi connectivity index (χ2v) is 8.19. The van der Waals surface area contributed by atoms with Gasteiger partial charge in [0.25, 0.3) is 0 Å². The third kappa shape index (κ3) is 6.67. The summed E-state index contributed by atoms with van der Waals surface area (Å²) >= 11 is 10.2. The van der Waals surface area contributed by atoms with Gasteiger partial charge in [-0.2, -0.15) is 0 Å². The molecule has 7 heteroatoms. The quantitative estimate of drug-likeness (QED) is 0.304. The molecule has 0 aromatic heterocycles. The Morgan fingerprint density at radius 3 is 1.96 bits per heavy atom. The summed E-state index contributed by atoms with van der Waals surface area (Å²) in [5.74, 6) is 0.305. The number of amides is 1. The van der Waals surface area contributed by atoms with Crippen LogP contribution in [-0.4, -0.2) is 16.8 Å². The van der Waals surface area contributed by atoms with Gasteiger partial charge in [-0.25, -0.2) is 0 Å². The maximum absolute atomic E-state index is 12.1. The third-order valence-corrected chi connectivity index (χ3v) is 5.39. The van der Waals surface area contributed by atoms with E-state index in [0.717, 1.165) is 26.4 Å². The zero-order valence-corrected chi connectivity index (χ0v) is 18.0. The molecule has 3 rings (SSSR count). The molecular weight excluding hydrogens is 454 g/mol. The predicted octanol–water partition coefficient (Wildman–Crippen LogP) is 5.99. The molecule has 0 saturated heterocycles. The summed E-state index contributed by atoms with van der Waals surface area (Å²) in [6.07, 6.45) is 0. The summed E-state index contributed by atoms with van der Waals surface area (Å²) in [6, 6.07) is 25.1. The summed E-state index contributed by atoms with van der Waals surface area (Å²) in [5.41, 5.74) is 2.61. The fourth-order valence-electron chi connectivity index (χ4n) is 2.33. The van der Waals surface area contributed by atoms with Gasteiger partial charge in [-0.3, -0.25) is 4.79 Å². The zero-order valence-electron chi connectivity index (χ0n) is 14.8. The van der Waals surface area contributed by atoms with E-state index in [9.17, 15) is 4.79 Å². The van der Waals surface area contributed by atoms with Crippen LogP contribution >= 0.6 is 39.9 Å². The highest BCUT2D eigenvalue weighted by atomic mass is 79.9. The van der Waals surface area contributed by atoms with Crippen molar-refractivity contribution >= 4 is 68.0 Å². The van der Waals surface area contributed by atoms with Gasteiger partial charge in [-0.1, -0.05) is 34.1 Å². The number of carbonyl (C=O) groups is 1. The molecule has 4 nitrogen and oxygen atoms in total. The van der Waals surface area contributed by atoms with Crippen molar-refractivity contribution in [2.45, 2.75) is 4.90 Å². The highest BCUT2D eigenvalue weighted by Gasteiger charge is 2.05. The Morgan fingerprint density at radius 2 is 1.32 bits per heavy atom. The number of benzene rings is 3. The minimum Gasteiger partial charge on any atom is -0.332 e. The van der Waals surface area contributed by atoms with Gasteiger partial charge in [0, 0.05) is 26.4 Å². The largest absolute Gasteiger partial charge is 0.332 e. The lowest BCUT2D eigenvalue weighted by Crippen LogP contribution is -2.18. The highest BCUT2D eigenvalue weighted by Crippen LogP contribution is 2.21. The topological polar surface area (TPSA) is 53.2 Å². The van der Waals surface area contributed by atoms with Crippen molar-refractivity contribution in [3.8, 4) is 0 Å². The molecule has 142 valence electrons. The van der Waals surface area contributed by atoms with Gasteiger partial charge in [0.1, 0.15) is 0 Å². The van der Waals surface area contributed by atoms with E-state index in [4.69, 9.17) is 12.2 Å². The van der Waals surface area contributed by atoms with Crippen LogP contribution in [0, 0.1) is 0 Å². The fraction of sp³-hybridized carbons (Fsp3) is 0.0476. The number of carbonyl (C=O) groups excluding carboxylic acids is 1. The standard InChI is InChI=1S/C21H18BrN3OS2/c22-15-6-8-17(9-7-15)23-20(26)14-28-19-12-10-18(11-13-19)25-21(27)24-16-4-2-1-3-5-16/h1-13H,14H2,(H,23,26)(H2,24,25,27). The number of anilines is 3. The van der Waals surface area contributed by atoms with E-state index < -0.39 is 0 Å². The first kappa shape index (κ1) is 20.4. The number of para-hydroxylation sites is 1. The van der Waals surface area contributed by atoms with Crippen LogP contribution < -0.4 is 16.0 Å². The summed E-state index contributed by atoms with van der Waals surface area (Å²) < 4.78 is 0.979. The molecule has 3 aromatic carbocycles. The first-order valence-corrected chi connectivity index (χ1v) is 10.7. The molecule has 0 radical (unpaired) electrons. The number of hydrogen-bond donors (Lipinski definition) is 3. The number of rotatable bonds is 6. The smallest absolute Gasteiger partial charge is 0.234 e. The molecule has 3 aromatic rings. The lowest BCUT2D eigenvalue weighted by Gasteiger charge is -2.11. The van der Waals surface area contributed by atoms with Gasteiger partial charge >= 0.3 is 0 Å². The van der Waals surface area contributed by atoms with E-state index in [2.05, 4.69) is 31.9 Å². The summed E-state index contributed by atoms with van der Waals surface area (Å²) in [6.45, 7) is 0. The van der Waals surface area contributed by atoms with E-state index in [-0.39, 0.29) is 5.91 Å². The average molecular weight is 472 g/mol. The lowest BCUT2D eigenvalue weighted by molar-refractivity contribution is -0.113. The van der Waals surface area contributed by atoms with Crippen LogP contribution in [0.2, 0.25) is 0 Å². The Kier molecular flexibility index (Phi) is 7.47. The maximum atomic E-state index is 12.1. The first-order valence-electron chi connectivity index (χ1n) is 8.50. The van der Waals surface area contributed by atoms with E-state index in [1.807, 2.05) is 78.9 Å². The minimum absolute atomic E-state index is 0.0391. The summed E-state index contributed by atoms with van der Waals surface area (Å²) in [4.78, 5) is 13.1. The Balaban J connectivity index is 1.45. The SMILES string of the molecule is O=C(CSc1ccc(NC(=S)Nc2ccccc2)cc1)Nc1ccc(Br)cc1. The Morgan fingerprint density at radius 1 is 0.786 bits per heavy atom. The van der Waals surface area contributed by atoms with Crippen molar-refractivity contribution in [3.05, 3.63) is 83.3 Å². The molecule has 0 aliphatic rings. The fourth-order valence-corrected chi connectivity index (χ4v) is 3.53. The van der Waals surface area contributed by atoms with Crippen molar-refractivity contribution in [1.82, 2.24) is 0 Å². The van der Waals surface area contributed by atoms with Crippen LogP contribution in [0.25, 0.3) is 0 Å². The molecule has 0 heterocycles. The molecule has 0 spiro atoms. The van der Waals surface area contributed by atoms with Crippen LogP contribution in [0.4, 0.5) is 17.1 Å². The molecular formula is C21H18BrN3OS2. The Bertz CT molecular complexity index is 932. The zero-order chi connectivity index (χ0) is 19.8. The van der Waals surface area contributed by atoms with Gasteiger partial charge < -0.3 is 16.0 Å². The van der Waals surface area contributed by atoms with Crippen LogP contribution in [0.5, 0.6) is 0 Å². The molecule has 0 aliphatic heterocycles. The number of nitrogens with one attached hydrogen (secondary N) is 3. The van der Waals surface area contributed by atoms with Crippen LogP contribution in [-0.2, 0) is 4.79 Å². The van der Waals surface area contributed by atoms with Gasteiger partial charge in [0.05, 0.1) is 5.75 Å². The van der Waals surface area contributed by atoms with E-state index in [1.54, 1.807) is 0 Å². The second-order valence-electron chi connectivity index (χ2n) is 5.81. The van der Waals surface area contributed by atoms with Gasteiger partial charge in [-0.15, -0.1) is 11.8 Å². The predicted molar refractivity (Wildman–Crippen MR) is 126 cm³/mol. The van der Waals surface area contributed by atoms with Crippen LogP contribution in [0.3, 0.4) is 0 Å². The Labute approximate surface area is 182 Å². The number of halogens is 1. The molecule has 0 atom stereocenters. The van der Waals surface area contributed by atoms with Gasteiger partial charge in [0.2, 0.25) is 5.91 Å². The average Bonchev–Trinajstić information content (AvgIpc) is 2.70. The van der Waals surface area contributed by atoms with E-state index in [0.29, 0.717) is 10.9 Å². The molecule has 0 fully saturated rings.